The van der Waals surface area contributed by atoms with E-state index in [2.05, 4.69) is 23.2 Å². The number of phenolic OH excluding ortho intramolecular Hbond substituents is 1. The maximum atomic E-state index is 11.5. The number of fused-ring (bicyclic) bond motifs is 4. The van der Waals surface area contributed by atoms with Gasteiger partial charge in [0.1, 0.15) is 11.8 Å². The first-order chi connectivity index (χ1) is 15.9. The third kappa shape index (κ3) is 5.55. The predicted molar refractivity (Wildman–Crippen MR) is 132 cm³/mol. The summed E-state index contributed by atoms with van der Waals surface area (Å²) in [7, 11) is 0. The smallest absolute Gasteiger partial charge is 0.320 e. The second kappa shape index (κ2) is 10.7. The zero-order valence-corrected chi connectivity index (χ0v) is 20.3. The summed E-state index contributed by atoms with van der Waals surface area (Å²) in [4.78, 5) is 14.3. The second-order valence-corrected chi connectivity index (χ2v) is 10.8. The molecular weight excluding hydrogens is 414 g/mol. The van der Waals surface area contributed by atoms with Crippen molar-refractivity contribution in [1.29, 1.82) is 0 Å². The molecule has 0 amide bonds. The summed E-state index contributed by atoms with van der Waals surface area (Å²) in [5.74, 6) is 1.09. The van der Waals surface area contributed by atoms with Crippen molar-refractivity contribution in [3.63, 3.8) is 0 Å². The molecule has 1 heterocycles. The van der Waals surface area contributed by atoms with Crippen LogP contribution in [-0.4, -0.2) is 59.3 Å². The molecule has 2 bridgehead atoms. The van der Waals surface area contributed by atoms with Gasteiger partial charge in [-0.1, -0.05) is 25.8 Å². The lowest BCUT2D eigenvalue weighted by Crippen LogP contribution is -2.59. The number of hydrogen-bond donors (Lipinski definition) is 4. The summed E-state index contributed by atoms with van der Waals surface area (Å²) in [5.41, 5.74) is 8.45. The molecule has 4 atom stereocenters. The van der Waals surface area contributed by atoms with Crippen LogP contribution in [-0.2, 0) is 16.6 Å². The number of phenols is 1. The standard InChI is InChI=1S/C27H43N3O3/c1-19-25-16-21-9-10-22(31)17-23(21)27(19,12-15-30(25)18-20-7-8-20)11-3-5-14-29-24(26(32)33)6-2-4-13-28/h9-10,17,19-20,24-25,29,31H,2-8,11-16,18,28H2,1H3,(H,32,33)/t19-,24-,25+,27+/m0/s1. The van der Waals surface area contributed by atoms with Crippen molar-refractivity contribution in [2.75, 3.05) is 26.2 Å². The van der Waals surface area contributed by atoms with Crippen LogP contribution >= 0.6 is 0 Å². The van der Waals surface area contributed by atoms with Gasteiger partial charge in [0.25, 0.3) is 0 Å². The van der Waals surface area contributed by atoms with Gasteiger partial charge in [-0.2, -0.15) is 0 Å². The quantitative estimate of drug-likeness (QED) is 0.338. The van der Waals surface area contributed by atoms with Crippen LogP contribution in [0, 0.1) is 11.8 Å². The first-order valence-corrected chi connectivity index (χ1v) is 13.2. The number of hydrogen-bond acceptors (Lipinski definition) is 5. The van der Waals surface area contributed by atoms with Crippen LogP contribution in [0.15, 0.2) is 18.2 Å². The van der Waals surface area contributed by atoms with Crippen LogP contribution in [0.4, 0.5) is 0 Å². The molecule has 1 aromatic carbocycles. The van der Waals surface area contributed by atoms with E-state index in [-0.39, 0.29) is 5.41 Å². The maximum absolute atomic E-state index is 11.5. The number of likely N-dealkylation sites (tertiary alicyclic amines) is 1. The van der Waals surface area contributed by atoms with Crippen LogP contribution in [0.3, 0.4) is 0 Å². The molecular formula is C27H43N3O3. The van der Waals surface area contributed by atoms with Gasteiger partial charge >= 0.3 is 5.97 Å². The SMILES string of the molecule is C[C@H]1[C@H]2Cc3ccc(O)cc3[C@]1(CCCCN[C@@H](CCCCN)C(=O)O)CCN2CC1CC1. The third-order valence-corrected chi connectivity index (χ3v) is 8.70. The van der Waals surface area contributed by atoms with Gasteiger partial charge in [-0.25, -0.2) is 0 Å². The Hall–Kier alpha value is -1.63. The summed E-state index contributed by atoms with van der Waals surface area (Å²) in [5, 5.41) is 23.0. The monoisotopic (exact) mass is 457 g/mol. The molecule has 2 fully saturated rings. The van der Waals surface area contributed by atoms with Crippen LogP contribution in [0.25, 0.3) is 0 Å². The summed E-state index contributed by atoms with van der Waals surface area (Å²) in [6.07, 6.45) is 10.5. The highest BCUT2D eigenvalue weighted by Gasteiger charge is 2.51. The van der Waals surface area contributed by atoms with E-state index in [1.165, 1.54) is 30.5 Å². The Balaban J connectivity index is 1.39. The Kier molecular flexibility index (Phi) is 7.98. The number of carboxylic acids is 1. The summed E-state index contributed by atoms with van der Waals surface area (Å²) < 4.78 is 0. The van der Waals surface area contributed by atoms with Crippen LogP contribution in [0.1, 0.15) is 75.8 Å². The number of aromatic hydroxyl groups is 1. The minimum Gasteiger partial charge on any atom is -0.508 e. The van der Waals surface area contributed by atoms with E-state index >= 15 is 0 Å². The number of nitrogens with zero attached hydrogens (tertiary/aromatic N) is 1. The van der Waals surface area contributed by atoms with Crippen LogP contribution in [0.2, 0.25) is 0 Å². The largest absolute Gasteiger partial charge is 0.508 e. The van der Waals surface area contributed by atoms with Crippen molar-refractivity contribution in [1.82, 2.24) is 10.2 Å². The number of benzene rings is 1. The number of piperidine rings is 1. The number of carbonyl (C=O) groups is 1. The number of nitrogens with two attached hydrogens (primary N) is 1. The molecule has 1 aromatic rings. The molecule has 5 N–H and O–H groups in total. The van der Waals surface area contributed by atoms with Gasteiger partial charge in [-0.05, 0) is 106 Å². The number of rotatable bonds is 13. The van der Waals surface area contributed by atoms with Crippen molar-refractivity contribution < 1.29 is 15.0 Å². The van der Waals surface area contributed by atoms with E-state index in [1.807, 2.05) is 12.1 Å². The van der Waals surface area contributed by atoms with Gasteiger partial charge in [0, 0.05) is 18.0 Å². The first kappa shape index (κ1) is 24.5. The maximum Gasteiger partial charge on any atom is 0.320 e. The van der Waals surface area contributed by atoms with Crippen molar-refractivity contribution >= 4 is 5.97 Å². The predicted octanol–water partition coefficient (Wildman–Crippen LogP) is 3.65. The summed E-state index contributed by atoms with van der Waals surface area (Å²) in [6, 6.07) is 6.16. The molecule has 0 radical (unpaired) electrons. The minimum atomic E-state index is -0.762. The number of aliphatic carboxylic acids is 1. The number of carboxylic acid groups (broad SMARTS) is 1. The average Bonchev–Trinajstić information content (AvgIpc) is 3.60. The van der Waals surface area contributed by atoms with Crippen molar-refractivity contribution in [2.45, 2.75) is 88.6 Å². The van der Waals surface area contributed by atoms with E-state index in [9.17, 15) is 15.0 Å². The fourth-order valence-corrected chi connectivity index (χ4v) is 6.53. The van der Waals surface area contributed by atoms with Gasteiger partial charge < -0.3 is 21.3 Å². The lowest BCUT2D eigenvalue weighted by molar-refractivity contribution is -0.139. The normalized spacial score (nSPS) is 27.8. The Labute approximate surface area is 198 Å². The van der Waals surface area contributed by atoms with Gasteiger partial charge in [-0.3, -0.25) is 9.69 Å². The average molecular weight is 458 g/mol. The zero-order chi connectivity index (χ0) is 23.4. The molecule has 3 aliphatic rings. The molecule has 184 valence electrons. The Morgan fingerprint density at radius 1 is 1.27 bits per heavy atom. The van der Waals surface area contributed by atoms with E-state index in [1.54, 1.807) is 0 Å². The van der Waals surface area contributed by atoms with E-state index in [0.717, 1.165) is 64.0 Å². The van der Waals surface area contributed by atoms with Crippen molar-refractivity contribution in [3.8, 4) is 5.75 Å². The molecule has 1 saturated heterocycles. The van der Waals surface area contributed by atoms with E-state index < -0.39 is 12.0 Å². The van der Waals surface area contributed by atoms with Gasteiger partial charge in [0.15, 0.2) is 0 Å². The molecule has 1 aliphatic heterocycles. The fourth-order valence-electron chi connectivity index (χ4n) is 6.53. The summed E-state index contributed by atoms with van der Waals surface area (Å²) in [6.45, 7) is 6.19. The first-order valence-electron chi connectivity index (χ1n) is 13.2. The topological polar surface area (TPSA) is 98.8 Å². The summed E-state index contributed by atoms with van der Waals surface area (Å²) >= 11 is 0. The molecule has 6 nitrogen and oxygen atoms in total. The fraction of sp³-hybridized carbons (Fsp3) is 0.741. The highest BCUT2D eigenvalue weighted by atomic mass is 16.4. The van der Waals surface area contributed by atoms with Gasteiger partial charge in [-0.15, -0.1) is 0 Å². The molecule has 0 aromatic heterocycles. The van der Waals surface area contributed by atoms with Gasteiger partial charge in [0.2, 0.25) is 0 Å². The highest BCUT2D eigenvalue weighted by molar-refractivity contribution is 5.73. The Morgan fingerprint density at radius 2 is 2.09 bits per heavy atom. The Bertz CT molecular complexity index is 812. The molecule has 0 unspecified atom stereocenters. The van der Waals surface area contributed by atoms with Crippen LogP contribution in [0.5, 0.6) is 5.75 Å². The minimum absolute atomic E-state index is 0.115. The van der Waals surface area contributed by atoms with E-state index in [0.29, 0.717) is 30.7 Å². The molecule has 33 heavy (non-hydrogen) atoms. The van der Waals surface area contributed by atoms with Crippen molar-refractivity contribution in [2.24, 2.45) is 17.6 Å². The highest BCUT2D eigenvalue weighted by Crippen LogP contribution is 2.52. The second-order valence-electron chi connectivity index (χ2n) is 10.8. The molecule has 1 saturated carbocycles. The Morgan fingerprint density at radius 3 is 2.82 bits per heavy atom. The lowest BCUT2D eigenvalue weighted by atomic mass is 9.56. The zero-order valence-electron chi connectivity index (χ0n) is 20.3. The molecule has 4 rings (SSSR count). The van der Waals surface area contributed by atoms with Crippen LogP contribution < -0.4 is 11.1 Å². The molecule has 6 heteroatoms. The number of nitrogens with one attached hydrogen (secondary N) is 1. The number of unbranched alkanes of at least 4 members (excludes halogenated alkanes) is 2. The molecule has 2 aliphatic carbocycles. The van der Waals surface area contributed by atoms with Gasteiger partial charge in [0.05, 0.1) is 0 Å². The third-order valence-electron chi connectivity index (χ3n) is 8.70. The molecule has 0 spiro atoms. The lowest BCUT2D eigenvalue weighted by Gasteiger charge is -2.56. The van der Waals surface area contributed by atoms with E-state index in [4.69, 9.17) is 5.73 Å². The van der Waals surface area contributed by atoms with Crippen molar-refractivity contribution in [3.05, 3.63) is 29.3 Å².